The fourth-order valence-electron chi connectivity index (χ4n) is 3.66. The van der Waals surface area contributed by atoms with E-state index in [2.05, 4.69) is 9.88 Å². The normalized spacial score (nSPS) is 15.1. The average Bonchev–Trinajstić information content (AvgIpc) is 3.14. The third-order valence-electron chi connectivity index (χ3n) is 5.28. The lowest BCUT2D eigenvalue weighted by Crippen LogP contribution is -2.50. The number of carbonyl (C=O) groups excluding carboxylic acids is 2. The monoisotopic (exact) mass is 395 g/mol. The van der Waals surface area contributed by atoms with Crippen molar-refractivity contribution in [3.8, 4) is 0 Å². The van der Waals surface area contributed by atoms with Gasteiger partial charge in [-0.05, 0) is 17.7 Å². The fraction of sp³-hybridized carbons (Fsp3) is 0.273. The zero-order chi connectivity index (χ0) is 19.5. The van der Waals surface area contributed by atoms with Crippen LogP contribution in [0.1, 0.15) is 15.9 Å². The lowest BCUT2D eigenvalue weighted by atomic mass is 10.1. The van der Waals surface area contributed by atoms with Crippen LogP contribution in [0.5, 0.6) is 0 Å². The number of amides is 1. The number of nitrogens with zero attached hydrogens (tertiary/aromatic N) is 2. The summed E-state index contributed by atoms with van der Waals surface area (Å²) < 4.78 is 0. The first kappa shape index (κ1) is 18.7. The Kier molecular flexibility index (Phi) is 5.46. The summed E-state index contributed by atoms with van der Waals surface area (Å²) in [5, 5.41) is 1.58. The van der Waals surface area contributed by atoms with Gasteiger partial charge in [-0.25, -0.2) is 0 Å². The second kappa shape index (κ2) is 8.17. The van der Waals surface area contributed by atoms with Gasteiger partial charge in [0, 0.05) is 53.9 Å². The molecule has 28 heavy (non-hydrogen) atoms. The summed E-state index contributed by atoms with van der Waals surface area (Å²) >= 11 is 6.16. The van der Waals surface area contributed by atoms with Gasteiger partial charge in [-0.2, -0.15) is 0 Å². The Morgan fingerprint density at radius 2 is 1.68 bits per heavy atom. The van der Waals surface area contributed by atoms with E-state index in [0.717, 1.165) is 22.0 Å². The molecule has 0 spiro atoms. The maximum absolute atomic E-state index is 12.7. The number of hydrogen-bond donors (Lipinski definition) is 1. The number of H-pyrrole nitrogens is 1. The zero-order valence-corrected chi connectivity index (χ0v) is 16.3. The van der Waals surface area contributed by atoms with Gasteiger partial charge < -0.3 is 9.88 Å². The molecule has 0 atom stereocenters. The topological polar surface area (TPSA) is 56.4 Å². The largest absolute Gasteiger partial charge is 0.360 e. The molecule has 1 N–H and O–H groups in total. The van der Waals surface area contributed by atoms with Crippen molar-refractivity contribution in [3.05, 3.63) is 70.9 Å². The lowest BCUT2D eigenvalue weighted by molar-refractivity contribution is -0.132. The van der Waals surface area contributed by atoms with E-state index in [9.17, 15) is 9.59 Å². The number of hydrogen-bond acceptors (Lipinski definition) is 3. The van der Waals surface area contributed by atoms with E-state index in [-0.39, 0.29) is 11.7 Å². The van der Waals surface area contributed by atoms with Crippen molar-refractivity contribution in [2.24, 2.45) is 0 Å². The van der Waals surface area contributed by atoms with Gasteiger partial charge in [0.25, 0.3) is 0 Å². The molecule has 1 amide bonds. The first-order chi connectivity index (χ1) is 13.6. The Bertz CT molecular complexity index is 1010. The quantitative estimate of drug-likeness (QED) is 0.674. The van der Waals surface area contributed by atoms with Gasteiger partial charge in [0.15, 0.2) is 5.78 Å². The van der Waals surface area contributed by atoms with E-state index < -0.39 is 0 Å². The number of halogens is 1. The van der Waals surface area contributed by atoms with E-state index in [4.69, 9.17) is 11.6 Å². The Morgan fingerprint density at radius 3 is 2.46 bits per heavy atom. The summed E-state index contributed by atoms with van der Waals surface area (Å²) in [6, 6.07) is 15.3. The van der Waals surface area contributed by atoms with Crippen molar-refractivity contribution < 1.29 is 9.59 Å². The number of piperazine rings is 1. The van der Waals surface area contributed by atoms with Crippen molar-refractivity contribution in [2.75, 3.05) is 32.7 Å². The van der Waals surface area contributed by atoms with Gasteiger partial charge in [-0.3, -0.25) is 14.5 Å². The van der Waals surface area contributed by atoms with Crippen LogP contribution in [0, 0.1) is 0 Å². The fourth-order valence-corrected chi connectivity index (χ4v) is 3.86. The van der Waals surface area contributed by atoms with Gasteiger partial charge >= 0.3 is 0 Å². The minimum Gasteiger partial charge on any atom is -0.360 e. The SMILES string of the molecule is O=C(CN1CCN(C(=O)Cc2ccccc2Cl)CC1)c1c[nH]c2ccccc12. The molecule has 4 rings (SSSR count). The molecule has 1 aliphatic rings. The predicted molar refractivity (Wildman–Crippen MR) is 111 cm³/mol. The Labute approximate surface area is 168 Å². The van der Waals surface area contributed by atoms with Gasteiger partial charge in [-0.15, -0.1) is 0 Å². The minimum atomic E-state index is 0.0794. The average molecular weight is 396 g/mol. The molecule has 2 aromatic carbocycles. The highest BCUT2D eigenvalue weighted by molar-refractivity contribution is 6.31. The van der Waals surface area contributed by atoms with Crippen molar-refractivity contribution in [1.29, 1.82) is 0 Å². The Hall–Kier alpha value is -2.63. The molecule has 0 saturated carbocycles. The molecule has 2 heterocycles. The molecule has 0 radical (unpaired) electrons. The summed E-state index contributed by atoms with van der Waals surface area (Å²) in [7, 11) is 0. The number of aromatic amines is 1. The number of carbonyl (C=O) groups is 2. The summed E-state index contributed by atoms with van der Waals surface area (Å²) in [6.45, 7) is 3.02. The van der Waals surface area contributed by atoms with Crippen molar-refractivity contribution >= 4 is 34.2 Å². The smallest absolute Gasteiger partial charge is 0.227 e. The molecular formula is C22H22ClN3O2. The van der Waals surface area contributed by atoms with Crippen LogP contribution in [-0.2, 0) is 11.2 Å². The second-order valence-electron chi connectivity index (χ2n) is 7.10. The van der Waals surface area contributed by atoms with Crippen LogP contribution in [0.25, 0.3) is 10.9 Å². The van der Waals surface area contributed by atoms with Crippen LogP contribution in [0.2, 0.25) is 5.02 Å². The van der Waals surface area contributed by atoms with Crippen LogP contribution in [-0.4, -0.2) is 59.2 Å². The van der Waals surface area contributed by atoms with Crippen molar-refractivity contribution in [3.63, 3.8) is 0 Å². The van der Waals surface area contributed by atoms with E-state index in [0.29, 0.717) is 44.2 Å². The molecule has 1 fully saturated rings. The highest BCUT2D eigenvalue weighted by Crippen LogP contribution is 2.19. The van der Waals surface area contributed by atoms with Crippen molar-refractivity contribution in [1.82, 2.24) is 14.8 Å². The van der Waals surface area contributed by atoms with Gasteiger partial charge in [0.2, 0.25) is 5.91 Å². The molecular weight excluding hydrogens is 374 g/mol. The molecule has 144 valence electrons. The molecule has 1 aromatic heterocycles. The molecule has 1 aliphatic heterocycles. The van der Waals surface area contributed by atoms with Crippen LogP contribution >= 0.6 is 11.6 Å². The van der Waals surface area contributed by atoms with Gasteiger partial charge in [-0.1, -0.05) is 48.0 Å². The summed E-state index contributed by atoms with van der Waals surface area (Å²) in [5.41, 5.74) is 2.56. The van der Waals surface area contributed by atoms with Crippen LogP contribution in [0.4, 0.5) is 0 Å². The van der Waals surface area contributed by atoms with Gasteiger partial charge in [0.05, 0.1) is 13.0 Å². The first-order valence-electron chi connectivity index (χ1n) is 9.44. The molecule has 0 unspecified atom stereocenters. The van der Waals surface area contributed by atoms with Gasteiger partial charge in [0.1, 0.15) is 0 Å². The van der Waals surface area contributed by atoms with Crippen LogP contribution in [0.15, 0.2) is 54.7 Å². The minimum absolute atomic E-state index is 0.0794. The lowest BCUT2D eigenvalue weighted by Gasteiger charge is -2.34. The summed E-state index contributed by atoms with van der Waals surface area (Å²) in [5.74, 6) is 0.184. The third kappa shape index (κ3) is 3.96. The maximum atomic E-state index is 12.7. The zero-order valence-electron chi connectivity index (χ0n) is 15.5. The molecule has 5 nitrogen and oxygen atoms in total. The molecule has 3 aromatic rings. The van der Waals surface area contributed by atoms with Crippen LogP contribution in [0.3, 0.4) is 0 Å². The maximum Gasteiger partial charge on any atom is 0.227 e. The first-order valence-corrected chi connectivity index (χ1v) is 9.82. The number of para-hydroxylation sites is 1. The number of aromatic nitrogens is 1. The van der Waals surface area contributed by atoms with E-state index in [1.807, 2.05) is 47.4 Å². The highest BCUT2D eigenvalue weighted by Gasteiger charge is 2.24. The molecule has 0 aliphatic carbocycles. The number of ketones is 1. The van der Waals surface area contributed by atoms with Crippen LogP contribution < -0.4 is 0 Å². The summed E-state index contributed by atoms with van der Waals surface area (Å²) in [6.07, 6.45) is 2.10. The van der Waals surface area contributed by atoms with Crippen molar-refractivity contribution in [2.45, 2.75) is 6.42 Å². The molecule has 1 saturated heterocycles. The summed E-state index contributed by atoms with van der Waals surface area (Å²) in [4.78, 5) is 32.4. The number of fused-ring (bicyclic) bond motifs is 1. The third-order valence-corrected chi connectivity index (χ3v) is 5.65. The predicted octanol–water partition coefficient (Wildman–Crippen LogP) is 3.39. The van der Waals surface area contributed by atoms with E-state index in [1.54, 1.807) is 12.3 Å². The number of Topliss-reactive ketones (excluding diaryl/α,β-unsaturated/α-hetero) is 1. The number of nitrogens with one attached hydrogen (secondary N) is 1. The standard InChI is InChI=1S/C22H22ClN3O2/c23-19-7-3-1-5-16(19)13-22(28)26-11-9-25(10-12-26)15-21(27)18-14-24-20-8-4-2-6-17(18)20/h1-8,14,24H,9-13,15H2. The van der Waals surface area contributed by atoms with E-state index >= 15 is 0 Å². The second-order valence-corrected chi connectivity index (χ2v) is 7.50. The molecule has 0 bridgehead atoms. The Balaban J connectivity index is 1.32. The number of rotatable bonds is 5. The van der Waals surface area contributed by atoms with E-state index in [1.165, 1.54) is 0 Å². The molecule has 6 heteroatoms. The highest BCUT2D eigenvalue weighted by atomic mass is 35.5. The Morgan fingerprint density at radius 1 is 0.964 bits per heavy atom. The number of benzene rings is 2.